The van der Waals surface area contributed by atoms with E-state index < -0.39 is 29.4 Å². The number of hydrogen-bond acceptors (Lipinski definition) is 8. The highest BCUT2D eigenvalue weighted by molar-refractivity contribution is 6.01. The van der Waals surface area contributed by atoms with Crippen molar-refractivity contribution >= 4 is 27.5 Å². The summed E-state index contributed by atoms with van der Waals surface area (Å²) >= 11 is 0. The van der Waals surface area contributed by atoms with Crippen LogP contribution < -0.4 is 9.64 Å². The molecule has 4 aliphatic rings. The second-order valence-corrected chi connectivity index (χ2v) is 13.8. The number of piperidine rings is 1. The van der Waals surface area contributed by atoms with Crippen molar-refractivity contribution in [3.63, 3.8) is 0 Å². The molecule has 3 saturated heterocycles. The van der Waals surface area contributed by atoms with Crippen LogP contribution >= 0.6 is 0 Å². The second kappa shape index (κ2) is 10.9. The van der Waals surface area contributed by atoms with Crippen molar-refractivity contribution in [3.8, 4) is 23.0 Å². The van der Waals surface area contributed by atoms with Gasteiger partial charge in [0.1, 0.15) is 41.4 Å². The lowest BCUT2D eigenvalue weighted by molar-refractivity contribution is -0.0719. The van der Waals surface area contributed by atoms with Crippen molar-refractivity contribution in [2.24, 2.45) is 5.41 Å². The monoisotopic (exact) mass is 633 g/mol. The van der Waals surface area contributed by atoms with Crippen LogP contribution in [-0.2, 0) is 6.42 Å². The van der Waals surface area contributed by atoms with Gasteiger partial charge in [-0.3, -0.25) is 9.88 Å². The molecule has 0 radical (unpaired) electrons. The van der Waals surface area contributed by atoms with Gasteiger partial charge in [-0.2, -0.15) is 9.97 Å². The Hall–Kier alpha value is -3.70. The van der Waals surface area contributed by atoms with Gasteiger partial charge in [0.05, 0.1) is 17.0 Å². The number of phenols is 1. The lowest BCUT2D eigenvalue weighted by Crippen LogP contribution is -2.55. The number of halogens is 3. The topological polar surface area (TPSA) is 94.8 Å². The molecule has 2 unspecified atom stereocenters. The maximum absolute atomic E-state index is 16.9. The third kappa shape index (κ3) is 4.60. The van der Waals surface area contributed by atoms with Crippen molar-refractivity contribution in [3.05, 3.63) is 47.7 Å². The number of anilines is 1. The summed E-state index contributed by atoms with van der Waals surface area (Å²) in [6, 6.07) is 5.85. The molecule has 4 fully saturated rings. The number of rotatable bonds is 6. The summed E-state index contributed by atoms with van der Waals surface area (Å²) in [5, 5.41) is 22.7. The fraction of sp³-hybridized carbons (Fsp3) is 0.514. The number of ether oxygens (including phenoxy) is 1. The van der Waals surface area contributed by atoms with E-state index in [-0.39, 0.29) is 40.6 Å². The van der Waals surface area contributed by atoms with Crippen molar-refractivity contribution in [1.82, 2.24) is 19.9 Å². The lowest BCUT2D eigenvalue weighted by Gasteiger charge is -2.52. The normalized spacial score (nSPS) is 27.9. The van der Waals surface area contributed by atoms with Crippen LogP contribution in [0.2, 0.25) is 0 Å². The van der Waals surface area contributed by atoms with Crippen LogP contribution in [0, 0.1) is 17.0 Å². The molecular formula is C35H38F3N5O3. The highest BCUT2D eigenvalue weighted by atomic mass is 19.1. The Kier molecular flexibility index (Phi) is 7.06. The van der Waals surface area contributed by atoms with Crippen LogP contribution in [0.25, 0.3) is 32.9 Å². The fourth-order valence-electron chi connectivity index (χ4n) is 8.69. The number of fused-ring (bicyclic) bond motifs is 3. The molecule has 4 atom stereocenters. The number of nitrogens with zero attached hydrogens (tertiary/aromatic N) is 5. The van der Waals surface area contributed by atoms with Gasteiger partial charge in [-0.1, -0.05) is 13.0 Å². The largest absolute Gasteiger partial charge is 0.508 e. The van der Waals surface area contributed by atoms with Crippen molar-refractivity contribution in [1.29, 1.82) is 0 Å². The summed E-state index contributed by atoms with van der Waals surface area (Å²) in [5.41, 5.74) is -0.0602. The number of alkyl halides is 1. The number of aromatic hydroxyl groups is 1. The quantitative estimate of drug-likeness (QED) is 0.264. The van der Waals surface area contributed by atoms with Gasteiger partial charge in [0, 0.05) is 43.2 Å². The molecule has 11 heteroatoms. The van der Waals surface area contributed by atoms with E-state index in [0.29, 0.717) is 60.0 Å². The average molecular weight is 634 g/mol. The first-order valence-electron chi connectivity index (χ1n) is 16.5. The van der Waals surface area contributed by atoms with Gasteiger partial charge in [-0.05, 0) is 86.0 Å². The summed E-state index contributed by atoms with van der Waals surface area (Å²) < 4.78 is 52.6. The molecule has 1 saturated carbocycles. The van der Waals surface area contributed by atoms with Gasteiger partial charge in [-0.25, -0.2) is 13.2 Å². The Labute approximate surface area is 265 Å². The van der Waals surface area contributed by atoms with Crippen LogP contribution in [-0.4, -0.2) is 80.7 Å². The van der Waals surface area contributed by atoms with Crippen LogP contribution in [0.1, 0.15) is 57.4 Å². The van der Waals surface area contributed by atoms with Crippen LogP contribution in [0.5, 0.6) is 11.8 Å². The van der Waals surface area contributed by atoms with E-state index in [2.05, 4.69) is 19.8 Å². The van der Waals surface area contributed by atoms with Crippen molar-refractivity contribution < 1.29 is 28.1 Å². The Morgan fingerprint density at radius 3 is 2.72 bits per heavy atom. The number of aryl methyl sites for hydroxylation is 1. The molecule has 3 aliphatic heterocycles. The standard InChI is InChI=1S/C35H38F3N5O3/c1-2-23-26(37)6-5-20-13-22(44)14-24(28(20)23)30-29(38)31-25(16-39-30)32(42-11-3-8-34(18-42)10-7-27(34)45)41-33(40-31)46-19-35-9-4-12-43(35)17-21(36)15-35/h5-6,13-14,16,21,27,44-45H,2-4,7-12,15,17-19H2,1H3/t21-,27?,34?,35+/m1/s1. The Morgan fingerprint density at radius 2 is 1.93 bits per heavy atom. The first-order valence-corrected chi connectivity index (χ1v) is 16.5. The van der Waals surface area contributed by atoms with Crippen LogP contribution in [0.4, 0.5) is 19.0 Å². The second-order valence-electron chi connectivity index (χ2n) is 13.8. The number of aliphatic hydroxyl groups is 1. The van der Waals surface area contributed by atoms with E-state index in [4.69, 9.17) is 9.72 Å². The lowest BCUT2D eigenvalue weighted by atomic mass is 9.62. The van der Waals surface area contributed by atoms with E-state index in [1.807, 2.05) is 6.92 Å². The molecule has 8 nitrogen and oxygen atoms in total. The minimum Gasteiger partial charge on any atom is -0.508 e. The molecule has 1 aliphatic carbocycles. The third-order valence-corrected chi connectivity index (χ3v) is 11.2. The van der Waals surface area contributed by atoms with Crippen molar-refractivity contribution in [2.75, 3.05) is 37.7 Å². The number of pyridine rings is 1. The van der Waals surface area contributed by atoms with Crippen molar-refractivity contribution in [2.45, 2.75) is 76.1 Å². The molecule has 4 aromatic rings. The first kappa shape index (κ1) is 29.7. The minimum atomic E-state index is -0.920. The molecule has 0 amide bonds. The molecule has 242 valence electrons. The van der Waals surface area contributed by atoms with E-state index >= 15 is 4.39 Å². The van der Waals surface area contributed by atoms with Gasteiger partial charge in [0.2, 0.25) is 0 Å². The first-order chi connectivity index (χ1) is 22.2. The average Bonchev–Trinajstić information content (AvgIpc) is 3.58. The van der Waals surface area contributed by atoms with Gasteiger partial charge in [0.25, 0.3) is 0 Å². The molecule has 2 aromatic heterocycles. The molecule has 2 N–H and O–H groups in total. The molecule has 2 aromatic carbocycles. The minimum absolute atomic E-state index is 0.000272. The predicted octanol–water partition coefficient (Wildman–Crippen LogP) is 6.09. The van der Waals surface area contributed by atoms with E-state index in [0.717, 1.165) is 45.1 Å². The maximum atomic E-state index is 16.9. The summed E-state index contributed by atoms with van der Waals surface area (Å²) in [5.74, 6) is -0.758. The molecule has 5 heterocycles. The Balaban J connectivity index is 1.27. The zero-order valence-electron chi connectivity index (χ0n) is 25.9. The fourth-order valence-corrected chi connectivity index (χ4v) is 8.69. The number of phenolic OH excluding ortho intramolecular Hbond substituents is 1. The SMILES string of the molecule is CCc1c(F)ccc2cc(O)cc(-c3ncc4c(N5CCCC6(CCC6O)C5)nc(OC[C@@]56CCCN5C[C@H](F)C6)nc4c3F)c12. The number of benzene rings is 2. The molecule has 0 bridgehead atoms. The summed E-state index contributed by atoms with van der Waals surface area (Å²) in [6.45, 7) is 4.45. The zero-order chi connectivity index (χ0) is 31.8. The van der Waals surface area contributed by atoms with Crippen LogP contribution in [0.3, 0.4) is 0 Å². The smallest absolute Gasteiger partial charge is 0.319 e. The van der Waals surface area contributed by atoms with E-state index in [9.17, 15) is 19.0 Å². The van der Waals surface area contributed by atoms with E-state index in [1.165, 1.54) is 24.4 Å². The number of hydrogen-bond donors (Lipinski definition) is 2. The summed E-state index contributed by atoms with van der Waals surface area (Å²) in [6.07, 6.45) is 6.17. The van der Waals surface area contributed by atoms with Gasteiger partial charge < -0.3 is 19.8 Å². The van der Waals surface area contributed by atoms with Crippen LogP contribution in [0.15, 0.2) is 30.5 Å². The highest BCUT2D eigenvalue weighted by Crippen LogP contribution is 2.49. The predicted molar refractivity (Wildman–Crippen MR) is 169 cm³/mol. The van der Waals surface area contributed by atoms with Gasteiger partial charge in [-0.15, -0.1) is 0 Å². The summed E-state index contributed by atoms with van der Waals surface area (Å²) in [7, 11) is 0. The Morgan fingerprint density at radius 1 is 1.09 bits per heavy atom. The highest BCUT2D eigenvalue weighted by Gasteiger charge is 2.50. The molecular weight excluding hydrogens is 595 g/mol. The van der Waals surface area contributed by atoms with E-state index in [1.54, 1.807) is 6.07 Å². The summed E-state index contributed by atoms with van der Waals surface area (Å²) in [4.78, 5) is 18.2. The Bertz CT molecular complexity index is 1860. The zero-order valence-corrected chi connectivity index (χ0v) is 25.9. The maximum Gasteiger partial charge on any atom is 0.319 e. The number of aromatic nitrogens is 3. The third-order valence-electron chi connectivity index (χ3n) is 11.2. The molecule has 1 spiro atoms. The molecule has 8 rings (SSSR count). The number of aliphatic hydroxyl groups excluding tert-OH is 1. The molecule has 46 heavy (non-hydrogen) atoms. The van der Waals surface area contributed by atoms with Gasteiger partial charge >= 0.3 is 6.01 Å². The van der Waals surface area contributed by atoms with Gasteiger partial charge in [0.15, 0.2) is 5.82 Å².